The van der Waals surface area contributed by atoms with Gasteiger partial charge in [0.25, 0.3) is 0 Å². The lowest BCUT2D eigenvalue weighted by Gasteiger charge is -2.42. The standard InChI is InChI=1S/C64H73F2N11O8/c1-6-45-48(65)15-12-41-9-7-10-46(53(41)45)55-54(66)56-47(32-67-55)57(74-34-42-13-14-43(35-74)76(42)62(82)85-63(2,3)4)70-59(69-56)84-37-64-24-8-26-75(64)44(19-25-64)36-83-61(81)73-29-22-40(23-30-73)39-20-27-72(28-21-39)33-38-11-16-49-51(31-38)71(5)60(80)77(49)50-17-18-52(78)68-58(50)79/h1,7,9-12,15-16,31-32,39-40,42-44,50H,8,13-14,17-30,33-37H2,2-5H3,(H,68,78,79)/t42?,43?,44-,50?,64-/m0/s1. The summed E-state index contributed by atoms with van der Waals surface area (Å²) in [5, 5.41) is 3.76. The first-order chi connectivity index (χ1) is 40.9. The number of piperidine rings is 3. The number of halogens is 2. The van der Waals surface area contributed by atoms with Crippen LogP contribution in [0.3, 0.4) is 0 Å². The van der Waals surface area contributed by atoms with Crippen LogP contribution >= 0.6 is 0 Å². The first kappa shape index (κ1) is 56.4. The van der Waals surface area contributed by atoms with Crippen molar-refractivity contribution in [3.05, 3.63) is 88.0 Å². The number of benzene rings is 3. The molecule has 7 aliphatic heterocycles. The zero-order valence-corrected chi connectivity index (χ0v) is 48.8. The van der Waals surface area contributed by atoms with E-state index in [-0.39, 0.29) is 89.9 Å². The number of terminal acetylenes is 1. The number of piperazine rings is 1. The molecule has 7 aliphatic rings. The minimum Gasteiger partial charge on any atom is -0.461 e. The maximum absolute atomic E-state index is 17.5. The van der Waals surface area contributed by atoms with Gasteiger partial charge in [0.05, 0.1) is 39.6 Å². The number of likely N-dealkylation sites (tertiary alicyclic amines) is 2. The molecule has 1 N–H and O–H groups in total. The molecular weight excluding hydrogens is 1090 g/mol. The summed E-state index contributed by atoms with van der Waals surface area (Å²) in [5.74, 6) is 1.94. The van der Waals surface area contributed by atoms with Crippen LogP contribution in [-0.4, -0.2) is 156 Å². The van der Waals surface area contributed by atoms with E-state index in [0.29, 0.717) is 77.5 Å². The number of imide groups is 1. The second-order valence-electron chi connectivity index (χ2n) is 25.7. The van der Waals surface area contributed by atoms with Crippen LogP contribution < -0.4 is 20.6 Å². The van der Waals surface area contributed by atoms with Crippen molar-refractivity contribution < 1.29 is 42.2 Å². The quantitative estimate of drug-likeness (QED) is 0.0961. The molecule has 3 aromatic heterocycles. The van der Waals surface area contributed by atoms with Crippen molar-refractivity contribution in [3.63, 3.8) is 0 Å². The van der Waals surface area contributed by atoms with E-state index < -0.39 is 29.2 Å². The number of hydrogen-bond acceptors (Lipinski definition) is 14. The Labute approximate surface area is 491 Å². The average molecular weight is 1160 g/mol. The predicted molar refractivity (Wildman–Crippen MR) is 315 cm³/mol. The van der Waals surface area contributed by atoms with Crippen LogP contribution in [0.2, 0.25) is 0 Å². The second-order valence-corrected chi connectivity index (χ2v) is 25.7. The first-order valence-corrected chi connectivity index (χ1v) is 30.3. The molecule has 0 aliphatic carbocycles. The molecular formula is C64H73F2N11O8. The van der Waals surface area contributed by atoms with Gasteiger partial charge in [-0.25, -0.2) is 23.2 Å². The molecule has 0 spiro atoms. The maximum atomic E-state index is 17.5. The second kappa shape index (κ2) is 22.3. The number of nitrogens with zero attached hydrogens (tertiary/aromatic N) is 10. The van der Waals surface area contributed by atoms with Crippen molar-refractivity contribution in [2.45, 2.75) is 140 Å². The molecule has 10 heterocycles. The fourth-order valence-electron chi connectivity index (χ4n) is 15.3. The normalized spacial score (nSPS) is 24.4. The summed E-state index contributed by atoms with van der Waals surface area (Å²) in [5.41, 5.74) is 1.55. The first-order valence-electron chi connectivity index (χ1n) is 30.3. The van der Waals surface area contributed by atoms with Gasteiger partial charge in [-0.15, -0.1) is 6.42 Å². The number of carbonyl (C=O) groups excluding carboxylic acids is 4. The minimum absolute atomic E-state index is 0.000145. The summed E-state index contributed by atoms with van der Waals surface area (Å²) in [4.78, 5) is 90.2. The molecule has 2 bridgehead atoms. The summed E-state index contributed by atoms with van der Waals surface area (Å²) < 4.78 is 54.4. The maximum Gasteiger partial charge on any atom is 0.410 e. The smallest absolute Gasteiger partial charge is 0.410 e. The monoisotopic (exact) mass is 1160 g/mol. The molecule has 5 atom stereocenters. The summed E-state index contributed by atoms with van der Waals surface area (Å²) >= 11 is 0. The zero-order chi connectivity index (χ0) is 59.1. The number of ether oxygens (including phenoxy) is 3. The lowest BCUT2D eigenvalue weighted by atomic mass is 9.79. The Kier molecular flexibility index (Phi) is 14.8. The molecule has 21 heteroatoms. The van der Waals surface area contributed by atoms with Crippen molar-refractivity contribution in [2.24, 2.45) is 18.9 Å². The molecule has 4 amide bonds. The molecule has 85 heavy (non-hydrogen) atoms. The van der Waals surface area contributed by atoms with Crippen LogP contribution in [0.4, 0.5) is 24.2 Å². The van der Waals surface area contributed by atoms with Gasteiger partial charge in [-0.2, -0.15) is 9.97 Å². The van der Waals surface area contributed by atoms with E-state index in [4.69, 9.17) is 30.6 Å². The highest BCUT2D eigenvalue weighted by atomic mass is 19.1. The van der Waals surface area contributed by atoms with Gasteiger partial charge in [0.15, 0.2) is 5.82 Å². The number of hydrogen-bond donors (Lipinski definition) is 1. The van der Waals surface area contributed by atoms with Crippen molar-refractivity contribution in [2.75, 3.05) is 63.9 Å². The number of anilines is 1. The molecule has 7 fully saturated rings. The summed E-state index contributed by atoms with van der Waals surface area (Å²) in [6.45, 7) is 11.7. The fraction of sp³-hybridized carbons (Fsp3) is 0.531. The Balaban J connectivity index is 0.645. The highest BCUT2D eigenvalue weighted by molar-refractivity contribution is 6.02. The van der Waals surface area contributed by atoms with Gasteiger partial charge in [-0.3, -0.25) is 43.7 Å². The lowest BCUT2D eigenvalue weighted by molar-refractivity contribution is -0.135. The molecule has 3 unspecified atom stereocenters. The number of pyridine rings is 1. The van der Waals surface area contributed by atoms with E-state index in [1.54, 1.807) is 42.1 Å². The Morgan fingerprint density at radius 1 is 0.859 bits per heavy atom. The minimum atomic E-state index is -0.725. The predicted octanol–water partition coefficient (Wildman–Crippen LogP) is 8.46. The van der Waals surface area contributed by atoms with Gasteiger partial charge in [-0.1, -0.05) is 36.3 Å². The van der Waals surface area contributed by atoms with Crippen LogP contribution in [-0.2, 0) is 32.7 Å². The molecule has 13 rings (SSSR count). The van der Waals surface area contributed by atoms with E-state index >= 15 is 8.78 Å². The Morgan fingerprint density at radius 2 is 1.61 bits per heavy atom. The number of aromatic nitrogens is 5. The molecule has 0 radical (unpaired) electrons. The summed E-state index contributed by atoms with van der Waals surface area (Å²) in [6, 6.07) is 13.1. The number of carbonyl (C=O) groups is 4. The third-order valence-corrected chi connectivity index (χ3v) is 19.5. The zero-order valence-electron chi connectivity index (χ0n) is 48.8. The fourth-order valence-corrected chi connectivity index (χ4v) is 15.3. The van der Waals surface area contributed by atoms with E-state index in [0.717, 1.165) is 101 Å². The number of imidazole rings is 1. The largest absolute Gasteiger partial charge is 0.461 e. The number of aryl methyl sites for hydroxylation is 1. The van der Waals surface area contributed by atoms with Gasteiger partial charge in [0.1, 0.15) is 47.7 Å². The molecule has 446 valence electrons. The molecule has 6 aromatic rings. The van der Waals surface area contributed by atoms with Crippen molar-refractivity contribution >= 4 is 62.5 Å². The highest BCUT2D eigenvalue weighted by Gasteiger charge is 2.51. The molecule has 0 saturated carbocycles. The van der Waals surface area contributed by atoms with Crippen molar-refractivity contribution in [1.82, 2.24) is 49.0 Å². The van der Waals surface area contributed by atoms with Crippen LogP contribution in [0.15, 0.2) is 59.5 Å². The Morgan fingerprint density at radius 3 is 2.34 bits per heavy atom. The number of amides is 4. The summed E-state index contributed by atoms with van der Waals surface area (Å²) in [7, 11) is 1.72. The van der Waals surface area contributed by atoms with Crippen LogP contribution in [0.5, 0.6) is 6.01 Å². The van der Waals surface area contributed by atoms with Crippen LogP contribution in [0, 0.1) is 35.8 Å². The Bertz CT molecular complexity index is 3750. The SMILES string of the molecule is C#Cc1c(F)ccc2cccc(-c3ncc4c(N5CC6CCC(C5)N6C(=O)OC(C)(C)C)nc(OC[C@@]56CCCN5[C@H](COC(=O)N5CCC(C7CCN(Cc8ccc9c(c8)n(C)c(=O)n9C8CCC(=O)NC8=O)CC7)CC5)CC6)nc4c3F)c12. The van der Waals surface area contributed by atoms with E-state index in [9.17, 15) is 24.0 Å². The third-order valence-electron chi connectivity index (χ3n) is 19.5. The van der Waals surface area contributed by atoms with Gasteiger partial charge in [-0.05, 0) is 152 Å². The molecule has 7 saturated heterocycles. The van der Waals surface area contributed by atoms with Crippen molar-refractivity contribution in [1.29, 1.82) is 0 Å². The summed E-state index contributed by atoms with van der Waals surface area (Å²) in [6.07, 6.45) is 16.3. The molecule has 19 nitrogen and oxygen atoms in total. The van der Waals surface area contributed by atoms with Gasteiger partial charge in [0.2, 0.25) is 11.8 Å². The third kappa shape index (κ3) is 10.5. The van der Waals surface area contributed by atoms with Crippen LogP contribution in [0.25, 0.3) is 44.0 Å². The van der Waals surface area contributed by atoms with Crippen molar-refractivity contribution in [3.8, 4) is 29.6 Å². The highest BCUT2D eigenvalue weighted by Crippen LogP contribution is 2.45. The number of fused-ring (bicyclic) bond motifs is 6. The lowest BCUT2D eigenvalue weighted by Crippen LogP contribution is -2.57. The number of rotatable bonds is 11. The van der Waals surface area contributed by atoms with Gasteiger partial charge in [0, 0.05) is 69.4 Å². The molecule has 3 aromatic carbocycles. The van der Waals surface area contributed by atoms with Gasteiger partial charge >= 0.3 is 23.9 Å². The topological polar surface area (TPSA) is 190 Å². The van der Waals surface area contributed by atoms with Gasteiger partial charge < -0.3 is 24.0 Å². The average Bonchev–Trinajstić information content (AvgIpc) is 2.17. The van der Waals surface area contributed by atoms with E-state index in [2.05, 4.69) is 30.9 Å². The van der Waals surface area contributed by atoms with E-state index in [1.807, 2.05) is 48.8 Å². The number of nitrogens with one attached hydrogen (secondary N) is 1. The Hall–Kier alpha value is -7.70. The van der Waals surface area contributed by atoms with E-state index in [1.165, 1.54) is 10.6 Å². The van der Waals surface area contributed by atoms with Crippen LogP contribution in [0.1, 0.15) is 115 Å².